The molecule has 1 aromatic heterocycles. The lowest BCUT2D eigenvalue weighted by atomic mass is 10.1. The lowest BCUT2D eigenvalue weighted by Gasteiger charge is -2.23. The molecule has 1 atom stereocenters. The molecule has 0 bridgehead atoms. The maximum absolute atomic E-state index is 12.8. The Labute approximate surface area is 167 Å². The zero-order chi connectivity index (χ0) is 19.5. The Morgan fingerprint density at radius 1 is 1.25 bits per heavy atom. The van der Waals surface area contributed by atoms with E-state index in [-0.39, 0.29) is 11.8 Å². The molecule has 6 nitrogen and oxygen atoms in total. The van der Waals surface area contributed by atoms with Gasteiger partial charge in [0.2, 0.25) is 11.8 Å². The van der Waals surface area contributed by atoms with E-state index in [2.05, 4.69) is 10.3 Å². The predicted molar refractivity (Wildman–Crippen MR) is 110 cm³/mol. The molecule has 1 fully saturated rings. The number of methoxy groups -OCH3 is 1. The molecule has 1 unspecified atom stereocenters. The Kier molecular flexibility index (Phi) is 5.25. The SMILES string of the molecule is COc1ccc2nc(NC(=O)C3CCCN3C(=O)Cc3ccccc3)sc2c1. The van der Waals surface area contributed by atoms with Crippen molar-refractivity contribution in [2.45, 2.75) is 25.3 Å². The molecule has 1 N–H and O–H groups in total. The number of ether oxygens (including phenoxy) is 1. The minimum Gasteiger partial charge on any atom is -0.497 e. The summed E-state index contributed by atoms with van der Waals surface area (Å²) in [6.45, 7) is 0.612. The first-order chi connectivity index (χ1) is 13.6. The molecule has 144 valence electrons. The van der Waals surface area contributed by atoms with Gasteiger partial charge in [-0.25, -0.2) is 4.98 Å². The molecule has 7 heteroatoms. The quantitative estimate of drug-likeness (QED) is 0.718. The van der Waals surface area contributed by atoms with Gasteiger partial charge in [-0.3, -0.25) is 9.59 Å². The number of carbonyl (C=O) groups is 2. The van der Waals surface area contributed by atoms with Gasteiger partial charge >= 0.3 is 0 Å². The highest BCUT2D eigenvalue weighted by atomic mass is 32.1. The van der Waals surface area contributed by atoms with Crippen LogP contribution in [0, 0.1) is 0 Å². The van der Waals surface area contributed by atoms with E-state index in [0.29, 0.717) is 24.5 Å². The van der Waals surface area contributed by atoms with Crippen molar-refractivity contribution >= 4 is 38.5 Å². The van der Waals surface area contributed by atoms with Crippen LogP contribution in [0.3, 0.4) is 0 Å². The average Bonchev–Trinajstić information content (AvgIpc) is 3.34. The van der Waals surface area contributed by atoms with E-state index in [4.69, 9.17) is 4.74 Å². The average molecular weight is 395 g/mol. The normalized spacial score (nSPS) is 16.3. The molecule has 0 spiro atoms. The van der Waals surface area contributed by atoms with Crippen molar-refractivity contribution in [3.63, 3.8) is 0 Å². The summed E-state index contributed by atoms with van der Waals surface area (Å²) < 4.78 is 6.17. The van der Waals surface area contributed by atoms with Crippen LogP contribution < -0.4 is 10.1 Å². The zero-order valence-corrected chi connectivity index (χ0v) is 16.4. The summed E-state index contributed by atoms with van der Waals surface area (Å²) in [5.41, 5.74) is 1.77. The van der Waals surface area contributed by atoms with Gasteiger partial charge in [-0.2, -0.15) is 0 Å². The number of thiazole rings is 1. The number of hydrogen-bond donors (Lipinski definition) is 1. The first kappa shape index (κ1) is 18.4. The number of amides is 2. The Bertz CT molecular complexity index is 1000. The molecule has 2 aromatic carbocycles. The third-order valence-electron chi connectivity index (χ3n) is 4.90. The zero-order valence-electron chi connectivity index (χ0n) is 15.6. The van der Waals surface area contributed by atoms with Crippen LogP contribution in [0.25, 0.3) is 10.2 Å². The van der Waals surface area contributed by atoms with Gasteiger partial charge in [0.25, 0.3) is 0 Å². The van der Waals surface area contributed by atoms with E-state index < -0.39 is 6.04 Å². The second-order valence-electron chi connectivity index (χ2n) is 6.75. The fourth-order valence-electron chi connectivity index (χ4n) is 3.48. The summed E-state index contributed by atoms with van der Waals surface area (Å²) in [6.07, 6.45) is 1.81. The summed E-state index contributed by atoms with van der Waals surface area (Å²) in [5.74, 6) is 0.560. The molecule has 1 saturated heterocycles. The molecule has 0 radical (unpaired) electrons. The number of rotatable bonds is 5. The first-order valence-corrected chi connectivity index (χ1v) is 10.0. The monoisotopic (exact) mass is 395 g/mol. The molecule has 1 aliphatic heterocycles. The van der Waals surface area contributed by atoms with Gasteiger partial charge in [0.1, 0.15) is 11.8 Å². The Balaban J connectivity index is 1.45. The number of benzene rings is 2. The Morgan fingerprint density at radius 2 is 2.07 bits per heavy atom. The first-order valence-electron chi connectivity index (χ1n) is 9.23. The van der Waals surface area contributed by atoms with Crippen molar-refractivity contribution in [3.05, 3.63) is 54.1 Å². The smallest absolute Gasteiger partial charge is 0.248 e. The van der Waals surface area contributed by atoms with Crippen LogP contribution in [0.5, 0.6) is 5.75 Å². The Hall–Kier alpha value is -2.93. The van der Waals surface area contributed by atoms with Gasteiger partial charge < -0.3 is 15.0 Å². The molecule has 0 aliphatic carbocycles. The fourth-order valence-corrected chi connectivity index (χ4v) is 4.38. The van der Waals surface area contributed by atoms with Gasteiger partial charge in [0, 0.05) is 6.54 Å². The fraction of sp³-hybridized carbons (Fsp3) is 0.286. The standard InChI is InChI=1S/C21H21N3O3S/c1-27-15-9-10-16-18(13-15)28-21(22-16)23-20(26)17-8-5-11-24(17)19(25)12-14-6-3-2-4-7-14/h2-4,6-7,9-10,13,17H,5,8,11-12H2,1H3,(H,22,23,26). The van der Waals surface area contributed by atoms with Crippen LogP contribution in [0.2, 0.25) is 0 Å². The highest BCUT2D eigenvalue weighted by molar-refractivity contribution is 7.22. The van der Waals surface area contributed by atoms with E-state index >= 15 is 0 Å². The van der Waals surface area contributed by atoms with Crippen LogP contribution in [-0.2, 0) is 16.0 Å². The topological polar surface area (TPSA) is 71.5 Å². The summed E-state index contributed by atoms with van der Waals surface area (Å²) in [4.78, 5) is 31.7. The Morgan fingerprint density at radius 3 is 2.86 bits per heavy atom. The van der Waals surface area contributed by atoms with Crippen LogP contribution >= 0.6 is 11.3 Å². The molecular formula is C21H21N3O3S. The van der Waals surface area contributed by atoms with Crippen molar-refractivity contribution in [2.24, 2.45) is 0 Å². The number of anilines is 1. The number of nitrogens with zero attached hydrogens (tertiary/aromatic N) is 2. The molecule has 28 heavy (non-hydrogen) atoms. The van der Waals surface area contributed by atoms with Crippen molar-refractivity contribution in [1.82, 2.24) is 9.88 Å². The van der Waals surface area contributed by atoms with Crippen molar-refractivity contribution in [2.75, 3.05) is 19.0 Å². The van der Waals surface area contributed by atoms with Crippen LogP contribution in [0.1, 0.15) is 18.4 Å². The maximum atomic E-state index is 12.8. The van der Waals surface area contributed by atoms with Crippen molar-refractivity contribution < 1.29 is 14.3 Å². The lowest BCUT2D eigenvalue weighted by Crippen LogP contribution is -2.43. The lowest BCUT2D eigenvalue weighted by molar-refractivity contribution is -0.136. The van der Waals surface area contributed by atoms with E-state index in [1.54, 1.807) is 12.0 Å². The highest BCUT2D eigenvalue weighted by Crippen LogP contribution is 2.30. The third-order valence-corrected chi connectivity index (χ3v) is 5.83. The number of fused-ring (bicyclic) bond motifs is 1. The molecule has 0 saturated carbocycles. The van der Waals surface area contributed by atoms with Crippen molar-refractivity contribution in [1.29, 1.82) is 0 Å². The van der Waals surface area contributed by atoms with Gasteiger partial charge in [0.15, 0.2) is 5.13 Å². The van der Waals surface area contributed by atoms with E-state index in [1.165, 1.54) is 11.3 Å². The van der Waals surface area contributed by atoms with Gasteiger partial charge in [-0.05, 0) is 36.6 Å². The molecule has 2 heterocycles. The van der Waals surface area contributed by atoms with Crippen LogP contribution in [0.4, 0.5) is 5.13 Å². The highest BCUT2D eigenvalue weighted by Gasteiger charge is 2.34. The number of carbonyl (C=O) groups excluding carboxylic acids is 2. The summed E-state index contributed by atoms with van der Waals surface area (Å²) in [5, 5.41) is 3.43. The second-order valence-corrected chi connectivity index (χ2v) is 7.78. The van der Waals surface area contributed by atoms with Gasteiger partial charge in [-0.15, -0.1) is 0 Å². The van der Waals surface area contributed by atoms with E-state index in [1.807, 2.05) is 48.5 Å². The minimum atomic E-state index is -0.447. The largest absolute Gasteiger partial charge is 0.497 e. The number of likely N-dealkylation sites (tertiary alicyclic amines) is 1. The summed E-state index contributed by atoms with van der Waals surface area (Å²) in [7, 11) is 1.62. The summed E-state index contributed by atoms with van der Waals surface area (Å²) in [6, 6.07) is 14.8. The summed E-state index contributed by atoms with van der Waals surface area (Å²) >= 11 is 1.40. The van der Waals surface area contributed by atoms with Crippen LogP contribution in [-0.4, -0.2) is 41.4 Å². The molecule has 1 aliphatic rings. The maximum Gasteiger partial charge on any atom is 0.248 e. The molecule has 4 rings (SSSR count). The number of nitrogens with one attached hydrogen (secondary N) is 1. The van der Waals surface area contributed by atoms with Gasteiger partial charge in [-0.1, -0.05) is 41.7 Å². The minimum absolute atomic E-state index is 0.0158. The third kappa shape index (κ3) is 3.84. The molecule has 2 amide bonds. The van der Waals surface area contributed by atoms with E-state index in [9.17, 15) is 9.59 Å². The molecule has 3 aromatic rings. The second kappa shape index (κ2) is 7.98. The number of aromatic nitrogens is 1. The van der Waals surface area contributed by atoms with Crippen molar-refractivity contribution in [3.8, 4) is 5.75 Å². The number of hydrogen-bond acceptors (Lipinski definition) is 5. The van der Waals surface area contributed by atoms with Gasteiger partial charge in [0.05, 0.1) is 23.7 Å². The molecular weight excluding hydrogens is 374 g/mol. The van der Waals surface area contributed by atoms with Crippen LogP contribution in [0.15, 0.2) is 48.5 Å². The predicted octanol–water partition coefficient (Wildman–Crippen LogP) is 3.48. The van der Waals surface area contributed by atoms with E-state index in [0.717, 1.165) is 28.0 Å².